The summed E-state index contributed by atoms with van der Waals surface area (Å²) in [5.74, 6) is 1.53. The smallest absolute Gasteiger partial charge is 0.230 e. The average Bonchev–Trinajstić information content (AvgIpc) is 3.08. The van der Waals surface area contributed by atoms with Gasteiger partial charge >= 0.3 is 0 Å². The van der Waals surface area contributed by atoms with Crippen LogP contribution in [0.4, 0.5) is 5.69 Å². The lowest BCUT2D eigenvalue weighted by Gasteiger charge is -2.20. The number of aromatic nitrogens is 2. The van der Waals surface area contributed by atoms with Gasteiger partial charge in [0.2, 0.25) is 5.91 Å². The predicted octanol–water partition coefficient (Wildman–Crippen LogP) is 2.30. The Kier molecular flexibility index (Phi) is 2.38. The van der Waals surface area contributed by atoms with Crippen LogP contribution in [-0.4, -0.2) is 15.9 Å². The Morgan fingerprint density at radius 2 is 2.18 bits per heavy atom. The molecule has 4 nitrogen and oxygen atoms in total. The number of amides is 1. The molecule has 0 spiro atoms. The van der Waals surface area contributed by atoms with E-state index in [1.165, 1.54) is 19.3 Å². The van der Waals surface area contributed by atoms with E-state index in [-0.39, 0.29) is 11.3 Å². The molecular weight excluding hydrogens is 214 g/mol. The van der Waals surface area contributed by atoms with E-state index >= 15 is 0 Å². The topological polar surface area (TPSA) is 54.9 Å². The highest BCUT2D eigenvalue weighted by Crippen LogP contribution is 2.61. The summed E-state index contributed by atoms with van der Waals surface area (Å²) in [6.07, 6.45) is 9.18. The van der Waals surface area contributed by atoms with Crippen LogP contribution >= 0.6 is 0 Å². The molecule has 0 aliphatic heterocycles. The number of nitrogens with zero attached hydrogens (tertiary/aromatic N) is 2. The number of hydrogen-bond acceptors (Lipinski definition) is 3. The molecule has 17 heavy (non-hydrogen) atoms. The van der Waals surface area contributed by atoms with Crippen molar-refractivity contribution in [1.29, 1.82) is 0 Å². The molecule has 1 N–H and O–H groups in total. The highest BCUT2D eigenvalue weighted by atomic mass is 16.2. The molecule has 1 aromatic rings. The molecule has 2 unspecified atom stereocenters. The normalized spacial score (nSPS) is 30.5. The van der Waals surface area contributed by atoms with Crippen molar-refractivity contribution in [2.24, 2.45) is 11.3 Å². The third-order valence-corrected chi connectivity index (χ3v) is 4.15. The Balaban J connectivity index is 1.70. The first-order valence-corrected chi connectivity index (χ1v) is 6.31. The van der Waals surface area contributed by atoms with E-state index in [2.05, 4.69) is 15.3 Å². The number of hydrogen-bond donors (Lipinski definition) is 1. The SMILES string of the molecule is Cc1ncc(NC(=O)C23CCCCC2C3)cn1. The van der Waals surface area contributed by atoms with Gasteiger partial charge in [0.1, 0.15) is 5.82 Å². The first-order chi connectivity index (χ1) is 8.21. The van der Waals surface area contributed by atoms with Crippen LogP contribution in [0.1, 0.15) is 37.9 Å². The molecule has 0 bridgehead atoms. The second-order valence-electron chi connectivity index (χ2n) is 5.28. The molecule has 0 radical (unpaired) electrons. The van der Waals surface area contributed by atoms with Gasteiger partial charge in [-0.25, -0.2) is 9.97 Å². The van der Waals surface area contributed by atoms with Gasteiger partial charge < -0.3 is 5.32 Å². The lowest BCUT2D eigenvalue weighted by molar-refractivity contribution is -0.122. The molecule has 90 valence electrons. The second-order valence-corrected chi connectivity index (χ2v) is 5.28. The second kappa shape index (κ2) is 3.79. The van der Waals surface area contributed by atoms with Crippen molar-refractivity contribution < 1.29 is 4.79 Å². The summed E-state index contributed by atoms with van der Waals surface area (Å²) in [6.45, 7) is 1.84. The van der Waals surface area contributed by atoms with Gasteiger partial charge in [-0.1, -0.05) is 12.8 Å². The molecule has 0 aromatic carbocycles. The van der Waals surface area contributed by atoms with Crippen molar-refractivity contribution in [2.75, 3.05) is 5.32 Å². The van der Waals surface area contributed by atoms with E-state index in [0.29, 0.717) is 11.6 Å². The minimum Gasteiger partial charge on any atom is -0.323 e. The molecule has 2 fully saturated rings. The van der Waals surface area contributed by atoms with E-state index in [1.807, 2.05) is 6.92 Å². The van der Waals surface area contributed by atoms with Crippen molar-refractivity contribution in [1.82, 2.24) is 9.97 Å². The first-order valence-electron chi connectivity index (χ1n) is 6.31. The van der Waals surface area contributed by atoms with E-state index < -0.39 is 0 Å². The van der Waals surface area contributed by atoms with Crippen LogP contribution in [0, 0.1) is 18.3 Å². The molecule has 1 heterocycles. The molecule has 1 amide bonds. The van der Waals surface area contributed by atoms with Gasteiger partial charge in [0, 0.05) is 0 Å². The predicted molar refractivity (Wildman–Crippen MR) is 64.4 cm³/mol. The molecule has 2 aliphatic carbocycles. The van der Waals surface area contributed by atoms with E-state index in [0.717, 1.165) is 18.7 Å². The largest absolute Gasteiger partial charge is 0.323 e. The molecule has 4 heteroatoms. The highest BCUT2D eigenvalue weighted by Gasteiger charge is 2.59. The third kappa shape index (κ3) is 1.81. The summed E-state index contributed by atoms with van der Waals surface area (Å²) in [5.41, 5.74) is 0.662. The van der Waals surface area contributed by atoms with Gasteiger partial charge in [0.05, 0.1) is 23.5 Å². The number of anilines is 1. The Morgan fingerprint density at radius 3 is 2.88 bits per heavy atom. The number of fused-ring (bicyclic) bond motifs is 1. The summed E-state index contributed by atoms with van der Waals surface area (Å²) < 4.78 is 0. The highest BCUT2D eigenvalue weighted by molar-refractivity contribution is 5.97. The van der Waals surface area contributed by atoms with Crippen LogP contribution in [-0.2, 0) is 4.79 Å². The Bertz CT molecular complexity index is 442. The molecule has 3 rings (SSSR count). The Hall–Kier alpha value is -1.45. The van der Waals surface area contributed by atoms with Gasteiger partial charge in [-0.2, -0.15) is 0 Å². The molecular formula is C13H17N3O. The van der Waals surface area contributed by atoms with E-state index in [4.69, 9.17) is 0 Å². The first kappa shape index (κ1) is 10.7. The van der Waals surface area contributed by atoms with Gasteiger partial charge in [0.25, 0.3) is 0 Å². The fraction of sp³-hybridized carbons (Fsp3) is 0.615. The summed E-state index contributed by atoms with van der Waals surface area (Å²) in [6, 6.07) is 0. The maximum absolute atomic E-state index is 12.2. The number of carbonyl (C=O) groups is 1. The maximum atomic E-state index is 12.2. The minimum atomic E-state index is -0.0524. The van der Waals surface area contributed by atoms with Crippen molar-refractivity contribution in [3.63, 3.8) is 0 Å². The van der Waals surface area contributed by atoms with Gasteiger partial charge in [0.15, 0.2) is 0 Å². The van der Waals surface area contributed by atoms with Crippen molar-refractivity contribution in [2.45, 2.75) is 39.0 Å². The number of rotatable bonds is 2. The van der Waals surface area contributed by atoms with Crippen LogP contribution in [0.25, 0.3) is 0 Å². The minimum absolute atomic E-state index is 0.0524. The quantitative estimate of drug-likeness (QED) is 0.849. The van der Waals surface area contributed by atoms with E-state index in [9.17, 15) is 4.79 Å². The van der Waals surface area contributed by atoms with E-state index in [1.54, 1.807) is 12.4 Å². The number of carbonyl (C=O) groups excluding carboxylic acids is 1. The molecule has 1 aromatic heterocycles. The van der Waals surface area contributed by atoms with Gasteiger partial charge in [-0.15, -0.1) is 0 Å². The lowest BCUT2D eigenvalue weighted by atomic mass is 9.88. The summed E-state index contributed by atoms with van der Waals surface area (Å²) >= 11 is 0. The summed E-state index contributed by atoms with van der Waals surface area (Å²) in [4.78, 5) is 20.4. The van der Waals surface area contributed by atoms with Crippen LogP contribution in [0.15, 0.2) is 12.4 Å². The van der Waals surface area contributed by atoms with Gasteiger partial charge in [-0.05, 0) is 32.1 Å². The fourth-order valence-corrected chi connectivity index (χ4v) is 3.00. The number of aryl methyl sites for hydroxylation is 1. The van der Waals surface area contributed by atoms with Crippen LogP contribution in [0.3, 0.4) is 0 Å². The van der Waals surface area contributed by atoms with Crippen molar-refractivity contribution in [3.8, 4) is 0 Å². The Morgan fingerprint density at radius 1 is 1.41 bits per heavy atom. The maximum Gasteiger partial charge on any atom is 0.230 e. The average molecular weight is 231 g/mol. The molecule has 2 aliphatic rings. The summed E-state index contributed by atoms with van der Waals surface area (Å²) in [7, 11) is 0. The van der Waals surface area contributed by atoms with Crippen LogP contribution < -0.4 is 5.32 Å². The molecule has 2 atom stereocenters. The third-order valence-electron chi connectivity index (χ3n) is 4.15. The van der Waals surface area contributed by atoms with Crippen molar-refractivity contribution in [3.05, 3.63) is 18.2 Å². The molecule has 0 saturated heterocycles. The standard InChI is InChI=1S/C13H17N3O/c1-9-14-7-11(8-15-9)16-12(17)13-5-3-2-4-10(13)6-13/h7-8,10H,2-6H2,1H3,(H,16,17). The lowest BCUT2D eigenvalue weighted by Crippen LogP contribution is -2.27. The summed E-state index contributed by atoms with van der Waals surface area (Å²) in [5, 5.41) is 2.96. The van der Waals surface area contributed by atoms with Crippen LogP contribution in [0.2, 0.25) is 0 Å². The van der Waals surface area contributed by atoms with Crippen LogP contribution in [0.5, 0.6) is 0 Å². The molecule has 2 saturated carbocycles. The zero-order valence-corrected chi connectivity index (χ0v) is 10.1. The van der Waals surface area contributed by atoms with Gasteiger partial charge in [-0.3, -0.25) is 4.79 Å². The monoisotopic (exact) mass is 231 g/mol. The Labute approximate surface area is 101 Å². The van der Waals surface area contributed by atoms with Crippen molar-refractivity contribution >= 4 is 11.6 Å². The zero-order chi connectivity index (χ0) is 11.9. The fourth-order valence-electron chi connectivity index (χ4n) is 3.00. The zero-order valence-electron chi connectivity index (χ0n) is 10.1. The number of nitrogens with one attached hydrogen (secondary N) is 1.